The number of rotatable bonds is 5. The van der Waals surface area contributed by atoms with E-state index < -0.39 is 0 Å². The van der Waals surface area contributed by atoms with Crippen LogP contribution in [-0.2, 0) is 6.42 Å². The fourth-order valence-electron chi connectivity index (χ4n) is 3.03. The maximum atomic E-state index is 13.1. The average molecular weight is 451 g/mol. The summed E-state index contributed by atoms with van der Waals surface area (Å²) in [6.45, 7) is 8.40. The summed E-state index contributed by atoms with van der Waals surface area (Å²) in [5, 5.41) is 9.80. The topological polar surface area (TPSA) is 74.2 Å². The molecule has 0 radical (unpaired) electrons. The Morgan fingerprint density at radius 2 is 1.59 bits per heavy atom. The highest BCUT2D eigenvalue weighted by molar-refractivity contribution is 7.80. The van der Waals surface area contributed by atoms with Crippen molar-refractivity contribution in [2.24, 2.45) is 4.99 Å². The molecular formula is C24H27FN6S. The molecule has 3 aromatic rings. The van der Waals surface area contributed by atoms with Gasteiger partial charge < -0.3 is 10.6 Å². The van der Waals surface area contributed by atoms with E-state index in [1.165, 1.54) is 23.3 Å². The monoisotopic (exact) mass is 450 g/mol. The SMILES string of the molecule is Cc1cc(C)nc(NC(=NCCc2ccc(F)cc2)NC(=S)Nc2ccc(C)c(C)c2)n1. The van der Waals surface area contributed by atoms with Crippen LogP contribution in [0.2, 0.25) is 0 Å². The van der Waals surface area contributed by atoms with Crippen LogP contribution in [0.15, 0.2) is 53.5 Å². The van der Waals surface area contributed by atoms with Crippen molar-refractivity contribution < 1.29 is 4.39 Å². The standard InChI is InChI=1S/C24H27FN6S/c1-15-5-10-21(13-16(15)2)29-24(32)31-22(30-23-27-17(3)14-18(4)28-23)26-12-11-19-6-8-20(25)9-7-19/h5-10,13-14H,11-12H2,1-4H3,(H3,26,27,28,29,30,31,32). The summed E-state index contributed by atoms with van der Waals surface area (Å²) in [5.41, 5.74) is 5.97. The second-order valence-electron chi connectivity index (χ2n) is 7.58. The maximum absolute atomic E-state index is 13.1. The molecule has 0 aliphatic carbocycles. The largest absolute Gasteiger partial charge is 0.332 e. The van der Waals surface area contributed by atoms with E-state index in [1.54, 1.807) is 12.1 Å². The second kappa shape index (κ2) is 10.8. The van der Waals surface area contributed by atoms with Gasteiger partial charge >= 0.3 is 0 Å². The first-order valence-corrected chi connectivity index (χ1v) is 10.7. The molecule has 0 bridgehead atoms. The Morgan fingerprint density at radius 3 is 2.25 bits per heavy atom. The van der Waals surface area contributed by atoms with Crippen LogP contribution in [0.4, 0.5) is 16.0 Å². The van der Waals surface area contributed by atoms with Crippen molar-refractivity contribution in [3.05, 3.63) is 82.4 Å². The molecule has 0 atom stereocenters. The highest BCUT2D eigenvalue weighted by Gasteiger charge is 2.08. The summed E-state index contributed by atoms with van der Waals surface area (Å²) in [6, 6.07) is 14.4. The van der Waals surface area contributed by atoms with E-state index in [1.807, 2.05) is 38.1 Å². The van der Waals surface area contributed by atoms with Gasteiger partial charge in [-0.3, -0.25) is 10.3 Å². The number of hydrogen-bond acceptors (Lipinski definition) is 4. The van der Waals surface area contributed by atoms with Crippen molar-refractivity contribution in [3.8, 4) is 0 Å². The minimum absolute atomic E-state index is 0.254. The van der Waals surface area contributed by atoms with Crippen LogP contribution < -0.4 is 16.0 Å². The molecule has 0 aliphatic heterocycles. The lowest BCUT2D eigenvalue weighted by molar-refractivity contribution is 0.627. The van der Waals surface area contributed by atoms with Gasteiger partial charge in [0.1, 0.15) is 5.82 Å². The molecule has 0 saturated heterocycles. The number of guanidine groups is 1. The van der Waals surface area contributed by atoms with Crippen LogP contribution in [-0.4, -0.2) is 27.6 Å². The molecular weight excluding hydrogens is 423 g/mol. The third-order valence-electron chi connectivity index (χ3n) is 4.79. The quantitative estimate of drug-likeness (QED) is 0.293. The molecule has 1 aromatic heterocycles. The predicted molar refractivity (Wildman–Crippen MR) is 133 cm³/mol. The molecule has 3 rings (SSSR count). The van der Waals surface area contributed by atoms with Crippen molar-refractivity contribution in [3.63, 3.8) is 0 Å². The van der Waals surface area contributed by atoms with Gasteiger partial charge in [-0.15, -0.1) is 0 Å². The summed E-state index contributed by atoms with van der Waals surface area (Å²) in [6.07, 6.45) is 0.651. The lowest BCUT2D eigenvalue weighted by Gasteiger charge is -2.15. The van der Waals surface area contributed by atoms with Crippen LogP contribution in [0.25, 0.3) is 0 Å². The van der Waals surface area contributed by atoms with E-state index in [0.29, 0.717) is 30.0 Å². The third kappa shape index (κ3) is 7.09. The summed E-state index contributed by atoms with van der Waals surface area (Å²) >= 11 is 5.49. The number of anilines is 2. The molecule has 6 nitrogen and oxygen atoms in total. The van der Waals surface area contributed by atoms with Crippen molar-refractivity contribution >= 4 is 34.9 Å². The Kier molecular flexibility index (Phi) is 7.83. The van der Waals surface area contributed by atoms with E-state index in [9.17, 15) is 4.39 Å². The number of hydrogen-bond donors (Lipinski definition) is 3. The Morgan fingerprint density at radius 1 is 0.906 bits per heavy atom. The Labute approximate surface area is 193 Å². The number of benzene rings is 2. The van der Waals surface area contributed by atoms with Crippen molar-refractivity contribution in [1.29, 1.82) is 0 Å². The van der Waals surface area contributed by atoms with Crippen LogP contribution in [0, 0.1) is 33.5 Å². The van der Waals surface area contributed by atoms with Crippen LogP contribution in [0.1, 0.15) is 28.1 Å². The Balaban J connectivity index is 1.72. The van der Waals surface area contributed by atoms with E-state index in [4.69, 9.17) is 12.2 Å². The van der Waals surface area contributed by atoms with E-state index in [2.05, 4.69) is 44.8 Å². The smallest absolute Gasteiger partial charge is 0.229 e. The number of aryl methyl sites for hydroxylation is 4. The lowest BCUT2D eigenvalue weighted by Crippen LogP contribution is -2.39. The van der Waals surface area contributed by atoms with Crippen molar-refractivity contribution in [1.82, 2.24) is 15.3 Å². The summed E-state index contributed by atoms with van der Waals surface area (Å²) in [4.78, 5) is 13.4. The molecule has 0 fully saturated rings. The molecule has 166 valence electrons. The predicted octanol–water partition coefficient (Wildman–Crippen LogP) is 4.85. The number of aromatic nitrogens is 2. The molecule has 32 heavy (non-hydrogen) atoms. The highest BCUT2D eigenvalue weighted by Crippen LogP contribution is 2.14. The van der Waals surface area contributed by atoms with E-state index >= 15 is 0 Å². The lowest BCUT2D eigenvalue weighted by atomic mass is 10.1. The van der Waals surface area contributed by atoms with Gasteiger partial charge in [0, 0.05) is 23.6 Å². The number of halogens is 1. The fraction of sp³-hybridized carbons (Fsp3) is 0.250. The average Bonchev–Trinajstić information content (AvgIpc) is 2.71. The Bertz CT molecular complexity index is 1110. The summed E-state index contributed by atoms with van der Waals surface area (Å²) in [7, 11) is 0. The maximum Gasteiger partial charge on any atom is 0.229 e. The van der Waals surface area contributed by atoms with Gasteiger partial charge in [-0.1, -0.05) is 18.2 Å². The van der Waals surface area contributed by atoms with Crippen LogP contribution in [0.3, 0.4) is 0 Å². The second-order valence-corrected chi connectivity index (χ2v) is 7.99. The minimum Gasteiger partial charge on any atom is -0.332 e. The highest BCUT2D eigenvalue weighted by atomic mass is 32.1. The summed E-state index contributed by atoms with van der Waals surface area (Å²) in [5.74, 6) is 0.610. The summed E-state index contributed by atoms with van der Waals surface area (Å²) < 4.78 is 13.1. The third-order valence-corrected chi connectivity index (χ3v) is 5.00. The number of nitrogens with zero attached hydrogens (tertiary/aromatic N) is 3. The zero-order valence-corrected chi connectivity index (χ0v) is 19.5. The Hall–Kier alpha value is -3.39. The van der Waals surface area contributed by atoms with Gasteiger partial charge in [0.25, 0.3) is 0 Å². The first-order valence-electron chi connectivity index (χ1n) is 10.3. The van der Waals surface area contributed by atoms with Gasteiger partial charge in [-0.05, 0) is 93.4 Å². The van der Waals surface area contributed by atoms with Gasteiger partial charge in [-0.2, -0.15) is 0 Å². The number of thiocarbonyl (C=S) groups is 1. The van der Waals surface area contributed by atoms with Crippen molar-refractivity contribution in [2.45, 2.75) is 34.1 Å². The molecule has 0 aliphatic rings. The first kappa shape index (κ1) is 23.3. The van der Waals surface area contributed by atoms with Crippen LogP contribution >= 0.6 is 12.2 Å². The zero-order chi connectivity index (χ0) is 23.1. The molecule has 0 spiro atoms. The molecule has 0 unspecified atom stereocenters. The van der Waals surface area contributed by atoms with Gasteiger partial charge in [0.2, 0.25) is 11.9 Å². The van der Waals surface area contributed by atoms with Crippen molar-refractivity contribution in [2.75, 3.05) is 17.2 Å². The molecule has 8 heteroatoms. The number of nitrogens with one attached hydrogen (secondary N) is 3. The number of aliphatic imine (C=N–C) groups is 1. The van der Waals surface area contributed by atoms with E-state index in [0.717, 1.165) is 22.6 Å². The minimum atomic E-state index is -0.254. The fourth-order valence-corrected chi connectivity index (χ4v) is 3.25. The normalized spacial score (nSPS) is 11.2. The van der Waals surface area contributed by atoms with Gasteiger partial charge in [0.05, 0.1) is 0 Å². The molecule has 0 saturated carbocycles. The molecule has 2 aromatic carbocycles. The molecule has 3 N–H and O–H groups in total. The first-order chi connectivity index (χ1) is 15.3. The zero-order valence-electron chi connectivity index (χ0n) is 18.7. The molecule has 0 amide bonds. The van der Waals surface area contributed by atoms with Gasteiger partial charge in [0.15, 0.2) is 5.11 Å². The van der Waals surface area contributed by atoms with E-state index in [-0.39, 0.29) is 5.82 Å². The molecule has 1 heterocycles. The van der Waals surface area contributed by atoms with Crippen LogP contribution in [0.5, 0.6) is 0 Å². The van der Waals surface area contributed by atoms with Gasteiger partial charge in [-0.25, -0.2) is 14.4 Å².